The highest BCUT2D eigenvalue weighted by Crippen LogP contribution is 2.36. The summed E-state index contributed by atoms with van der Waals surface area (Å²) < 4.78 is 41.0. The molecular formula is C38H41Cl2N3O6S. The molecule has 0 aromatic heterocycles. The lowest BCUT2D eigenvalue weighted by atomic mass is 10.0. The SMILES string of the molecule is COc1ccc(OC)c(N(CC(=O)N(Cc2ccc(Cl)c(Cl)c2)C(Cc2ccccc2)C(=O)NC2CCCC2)S(=O)(=O)c2ccc(C)cc2)c1. The first-order valence-electron chi connectivity index (χ1n) is 16.4. The molecule has 9 nitrogen and oxygen atoms in total. The maximum absolute atomic E-state index is 14.9. The molecule has 0 saturated heterocycles. The van der Waals surface area contributed by atoms with Gasteiger partial charge >= 0.3 is 0 Å². The van der Waals surface area contributed by atoms with Gasteiger partial charge in [-0.05, 0) is 67.3 Å². The van der Waals surface area contributed by atoms with Gasteiger partial charge in [-0.1, -0.05) is 90.1 Å². The predicted molar refractivity (Wildman–Crippen MR) is 197 cm³/mol. The van der Waals surface area contributed by atoms with E-state index in [9.17, 15) is 18.0 Å². The van der Waals surface area contributed by atoms with E-state index in [-0.39, 0.29) is 46.3 Å². The topological polar surface area (TPSA) is 105 Å². The monoisotopic (exact) mass is 737 g/mol. The normalized spacial score (nSPS) is 13.8. The number of methoxy groups -OCH3 is 2. The van der Waals surface area contributed by atoms with E-state index in [2.05, 4.69) is 5.32 Å². The van der Waals surface area contributed by atoms with Crippen molar-refractivity contribution < 1.29 is 27.5 Å². The van der Waals surface area contributed by atoms with Gasteiger partial charge in [0.15, 0.2) is 0 Å². The summed E-state index contributed by atoms with van der Waals surface area (Å²) in [5.41, 5.74) is 2.43. The van der Waals surface area contributed by atoms with Gasteiger partial charge < -0.3 is 19.7 Å². The summed E-state index contributed by atoms with van der Waals surface area (Å²) in [6.45, 7) is 1.16. The molecule has 1 aliphatic carbocycles. The smallest absolute Gasteiger partial charge is 0.264 e. The van der Waals surface area contributed by atoms with Gasteiger partial charge in [-0.15, -0.1) is 0 Å². The standard InChI is InChI=1S/C38H41Cl2N3O6S/c1-26-13-17-31(18-14-26)50(46,47)43(34-23-30(48-2)16-20-36(34)49-3)25-37(44)42(24-28-15-19-32(39)33(40)21-28)35(22-27-9-5-4-6-10-27)38(45)41-29-11-7-8-12-29/h4-6,9-10,13-21,23,29,35H,7-8,11-12,22,24-25H2,1-3H3,(H,41,45). The summed E-state index contributed by atoms with van der Waals surface area (Å²) in [6, 6.07) is 24.5. The van der Waals surface area contributed by atoms with Crippen molar-refractivity contribution in [3.05, 3.63) is 118 Å². The van der Waals surface area contributed by atoms with Crippen molar-refractivity contribution in [2.24, 2.45) is 0 Å². The molecule has 264 valence electrons. The van der Waals surface area contributed by atoms with E-state index in [0.29, 0.717) is 16.3 Å². The number of sulfonamides is 1. The van der Waals surface area contributed by atoms with Gasteiger partial charge in [0.1, 0.15) is 24.1 Å². The van der Waals surface area contributed by atoms with E-state index >= 15 is 0 Å². The molecule has 1 atom stereocenters. The van der Waals surface area contributed by atoms with Gasteiger partial charge in [-0.25, -0.2) is 8.42 Å². The molecule has 4 aromatic rings. The summed E-state index contributed by atoms with van der Waals surface area (Å²) in [5, 5.41) is 3.80. The number of hydrogen-bond acceptors (Lipinski definition) is 6. The molecule has 0 spiro atoms. The molecule has 1 aliphatic rings. The molecule has 12 heteroatoms. The van der Waals surface area contributed by atoms with Gasteiger partial charge in [-0.3, -0.25) is 13.9 Å². The third-order valence-electron chi connectivity index (χ3n) is 8.85. The van der Waals surface area contributed by atoms with Crippen molar-refractivity contribution in [2.45, 2.75) is 62.6 Å². The first-order chi connectivity index (χ1) is 24.0. The Bertz CT molecular complexity index is 1900. The van der Waals surface area contributed by atoms with Crippen molar-refractivity contribution in [1.82, 2.24) is 10.2 Å². The van der Waals surface area contributed by atoms with Crippen LogP contribution in [0.3, 0.4) is 0 Å². The molecule has 2 amide bonds. The number of halogens is 2. The number of nitrogens with zero attached hydrogens (tertiary/aromatic N) is 2. The molecule has 50 heavy (non-hydrogen) atoms. The molecule has 4 aromatic carbocycles. The fourth-order valence-corrected chi connectivity index (χ4v) is 7.84. The highest BCUT2D eigenvalue weighted by molar-refractivity contribution is 7.92. The zero-order valence-electron chi connectivity index (χ0n) is 28.3. The molecule has 0 aliphatic heterocycles. The third kappa shape index (κ3) is 8.91. The van der Waals surface area contributed by atoms with E-state index in [1.54, 1.807) is 42.5 Å². The van der Waals surface area contributed by atoms with Crippen LogP contribution in [0.5, 0.6) is 11.5 Å². The van der Waals surface area contributed by atoms with Crippen LogP contribution >= 0.6 is 23.2 Å². The first kappa shape index (κ1) is 37.0. The Labute approximate surface area is 304 Å². The van der Waals surface area contributed by atoms with E-state index in [0.717, 1.165) is 41.1 Å². The van der Waals surface area contributed by atoms with Crippen LogP contribution in [0.15, 0.2) is 95.9 Å². The molecule has 1 unspecified atom stereocenters. The number of ether oxygens (including phenoxy) is 2. The van der Waals surface area contributed by atoms with Crippen molar-refractivity contribution >= 4 is 50.7 Å². The first-order valence-corrected chi connectivity index (χ1v) is 18.6. The van der Waals surface area contributed by atoms with Gasteiger partial charge in [0, 0.05) is 25.1 Å². The van der Waals surface area contributed by atoms with E-state index in [4.69, 9.17) is 32.7 Å². The number of benzene rings is 4. The number of amides is 2. The fourth-order valence-electron chi connectivity index (χ4n) is 6.10. The van der Waals surface area contributed by atoms with Gasteiger partial charge in [0.05, 0.1) is 34.8 Å². The largest absolute Gasteiger partial charge is 0.497 e. The number of aryl methyl sites for hydroxylation is 1. The zero-order chi connectivity index (χ0) is 35.8. The highest BCUT2D eigenvalue weighted by Gasteiger charge is 2.36. The Morgan fingerprint density at radius 3 is 2.20 bits per heavy atom. The number of nitrogens with one attached hydrogen (secondary N) is 1. The summed E-state index contributed by atoms with van der Waals surface area (Å²) in [5.74, 6) is -0.353. The van der Waals surface area contributed by atoms with Crippen LogP contribution in [0, 0.1) is 6.92 Å². The average molecular weight is 739 g/mol. The Balaban J connectivity index is 1.63. The van der Waals surface area contributed by atoms with Crippen LogP contribution in [0.4, 0.5) is 5.69 Å². The number of carbonyl (C=O) groups excluding carboxylic acids is 2. The maximum Gasteiger partial charge on any atom is 0.264 e. The summed E-state index contributed by atoms with van der Waals surface area (Å²) in [6.07, 6.45) is 3.91. The number of hydrogen-bond donors (Lipinski definition) is 1. The van der Waals surface area contributed by atoms with Crippen molar-refractivity contribution in [3.8, 4) is 11.5 Å². The van der Waals surface area contributed by atoms with Gasteiger partial charge in [-0.2, -0.15) is 0 Å². The molecule has 0 bridgehead atoms. The van der Waals surface area contributed by atoms with E-state index in [1.807, 2.05) is 37.3 Å². The zero-order valence-corrected chi connectivity index (χ0v) is 30.6. The average Bonchev–Trinajstić information content (AvgIpc) is 3.63. The lowest BCUT2D eigenvalue weighted by molar-refractivity contribution is -0.140. The molecule has 1 N–H and O–H groups in total. The van der Waals surface area contributed by atoms with Crippen LogP contribution in [-0.4, -0.2) is 58.0 Å². The van der Waals surface area contributed by atoms with Crippen LogP contribution in [-0.2, 0) is 32.6 Å². The Morgan fingerprint density at radius 1 is 0.860 bits per heavy atom. The second-order valence-electron chi connectivity index (χ2n) is 12.3. The molecule has 1 saturated carbocycles. The predicted octanol–water partition coefficient (Wildman–Crippen LogP) is 7.21. The molecule has 0 radical (unpaired) electrons. The summed E-state index contributed by atoms with van der Waals surface area (Å²) in [4.78, 5) is 30.5. The number of carbonyl (C=O) groups is 2. The molecule has 5 rings (SSSR count). The Kier molecular flexibility index (Phi) is 12.3. The van der Waals surface area contributed by atoms with Crippen molar-refractivity contribution in [3.63, 3.8) is 0 Å². The number of anilines is 1. The lowest BCUT2D eigenvalue weighted by Crippen LogP contribution is -2.54. The van der Waals surface area contributed by atoms with Crippen LogP contribution in [0.25, 0.3) is 0 Å². The Hall–Kier alpha value is -4.25. The van der Waals surface area contributed by atoms with Crippen molar-refractivity contribution in [2.75, 3.05) is 25.1 Å². The minimum Gasteiger partial charge on any atom is -0.497 e. The molecule has 0 heterocycles. The van der Waals surface area contributed by atoms with E-state index < -0.39 is 28.5 Å². The highest BCUT2D eigenvalue weighted by atomic mass is 35.5. The minimum atomic E-state index is -4.35. The second-order valence-corrected chi connectivity index (χ2v) is 15.0. The fraction of sp³-hybridized carbons (Fsp3) is 0.316. The van der Waals surface area contributed by atoms with Crippen molar-refractivity contribution in [1.29, 1.82) is 0 Å². The quantitative estimate of drug-likeness (QED) is 0.147. The van der Waals surface area contributed by atoms with Crippen LogP contribution in [0.1, 0.15) is 42.4 Å². The second kappa shape index (κ2) is 16.6. The third-order valence-corrected chi connectivity index (χ3v) is 11.4. The summed E-state index contributed by atoms with van der Waals surface area (Å²) in [7, 11) is -1.47. The lowest BCUT2D eigenvalue weighted by Gasteiger charge is -2.34. The molecule has 1 fully saturated rings. The Morgan fingerprint density at radius 2 is 1.56 bits per heavy atom. The van der Waals surface area contributed by atoms with Gasteiger partial charge in [0.25, 0.3) is 10.0 Å². The van der Waals surface area contributed by atoms with E-state index in [1.165, 1.54) is 37.3 Å². The number of rotatable bonds is 14. The maximum atomic E-state index is 14.9. The van der Waals surface area contributed by atoms with Crippen LogP contribution in [0.2, 0.25) is 10.0 Å². The minimum absolute atomic E-state index is 0.0119. The summed E-state index contributed by atoms with van der Waals surface area (Å²) >= 11 is 12.6. The molecular weight excluding hydrogens is 697 g/mol. The van der Waals surface area contributed by atoms with Gasteiger partial charge in [0.2, 0.25) is 11.8 Å². The van der Waals surface area contributed by atoms with Crippen LogP contribution < -0.4 is 19.1 Å².